The average Bonchev–Trinajstić information content (AvgIpc) is 3.83. The van der Waals surface area contributed by atoms with E-state index in [4.69, 9.17) is 28.9 Å². The summed E-state index contributed by atoms with van der Waals surface area (Å²) in [5, 5.41) is 26.3. The Balaban J connectivity index is 0.000000219. The van der Waals surface area contributed by atoms with E-state index in [0.29, 0.717) is 0 Å². The SMILES string of the molecule is C.NCCCc1ccc(Cl)cc1.O=[N+]([O-])c1ccc(S(=O)(=O)N2C3CCCCC32)cc1.O=[N+]([O-])c1ccc(S(=O)(=O)N[C@@H]2CCC[C@H]2NCCCc2ccc(Cl)cc2)cc1. The molecule has 0 spiro atoms. The van der Waals surface area contributed by atoms with Gasteiger partial charge in [0.25, 0.3) is 11.4 Å². The number of sulfonamides is 2. The van der Waals surface area contributed by atoms with Gasteiger partial charge in [-0.2, -0.15) is 4.31 Å². The van der Waals surface area contributed by atoms with Crippen molar-refractivity contribution < 1.29 is 26.7 Å². The second-order valence-electron chi connectivity index (χ2n) is 14.7. The smallest absolute Gasteiger partial charge is 0.269 e. The predicted octanol–water partition coefficient (Wildman–Crippen LogP) is 8.45. The summed E-state index contributed by atoms with van der Waals surface area (Å²) in [4.78, 5) is 20.4. The molecule has 3 aliphatic rings. The van der Waals surface area contributed by atoms with Gasteiger partial charge in [-0.05, 0) is 124 Å². The Morgan fingerprint density at radius 2 is 1.08 bits per heavy atom. The molecule has 0 aromatic heterocycles. The number of fused-ring (bicyclic) bond motifs is 1. The summed E-state index contributed by atoms with van der Waals surface area (Å²) in [5.74, 6) is 0. The lowest BCUT2D eigenvalue weighted by atomic mass is 10.0. The largest absolute Gasteiger partial charge is 0.330 e. The van der Waals surface area contributed by atoms with Crippen LogP contribution in [0.5, 0.6) is 0 Å². The molecule has 0 amide bonds. The molecule has 1 aliphatic heterocycles. The minimum atomic E-state index is -3.72. The molecule has 4 aromatic carbocycles. The van der Waals surface area contributed by atoms with Crippen LogP contribution in [-0.4, -0.2) is 68.2 Å². The summed E-state index contributed by atoms with van der Waals surface area (Å²) in [6, 6.07) is 25.9. The van der Waals surface area contributed by atoms with E-state index in [0.717, 1.165) is 93.8 Å². The van der Waals surface area contributed by atoms with Gasteiger partial charge in [0.1, 0.15) is 0 Å². The van der Waals surface area contributed by atoms with Crippen LogP contribution in [0.15, 0.2) is 107 Å². The highest BCUT2D eigenvalue weighted by Crippen LogP contribution is 2.44. The minimum absolute atomic E-state index is 0. The minimum Gasteiger partial charge on any atom is -0.330 e. The summed E-state index contributed by atoms with van der Waals surface area (Å²) in [6.45, 7) is 1.55. The fourth-order valence-electron chi connectivity index (χ4n) is 7.42. The zero-order valence-corrected chi connectivity index (χ0v) is 35.6. The van der Waals surface area contributed by atoms with Crippen LogP contribution < -0.4 is 15.8 Å². The summed E-state index contributed by atoms with van der Waals surface area (Å²) < 4.78 is 54.4. The average molecular weight is 906 g/mol. The number of rotatable bonds is 15. The predicted molar refractivity (Wildman–Crippen MR) is 236 cm³/mol. The van der Waals surface area contributed by atoms with Crippen molar-refractivity contribution in [3.05, 3.63) is 138 Å². The molecule has 7 rings (SSSR count). The lowest BCUT2D eigenvalue weighted by molar-refractivity contribution is -0.385. The van der Waals surface area contributed by atoms with Crippen molar-refractivity contribution >= 4 is 54.6 Å². The van der Waals surface area contributed by atoms with Crippen LogP contribution in [0.1, 0.15) is 76.3 Å². The summed E-state index contributed by atoms with van der Waals surface area (Å²) in [5.41, 5.74) is 7.68. The van der Waals surface area contributed by atoms with E-state index in [1.807, 2.05) is 48.5 Å². The highest BCUT2D eigenvalue weighted by atomic mass is 35.5. The molecule has 4 aromatic rings. The van der Waals surface area contributed by atoms with Gasteiger partial charge >= 0.3 is 0 Å². The van der Waals surface area contributed by atoms with Crippen molar-refractivity contribution in [2.45, 2.75) is 112 Å². The maximum absolute atomic E-state index is 12.6. The van der Waals surface area contributed by atoms with Crippen LogP contribution in [-0.2, 0) is 32.9 Å². The van der Waals surface area contributed by atoms with Gasteiger partial charge in [-0.1, -0.05) is 74.2 Å². The first kappa shape index (κ1) is 48.7. The first-order valence-electron chi connectivity index (χ1n) is 19.7. The lowest BCUT2D eigenvalue weighted by Crippen LogP contribution is -2.46. The van der Waals surface area contributed by atoms with Gasteiger partial charge in [-0.25, -0.2) is 21.6 Å². The first-order chi connectivity index (χ1) is 28.2. The van der Waals surface area contributed by atoms with Gasteiger partial charge < -0.3 is 11.1 Å². The topological polar surface area (TPSA) is 208 Å². The summed E-state index contributed by atoms with van der Waals surface area (Å²) >= 11 is 11.6. The molecule has 326 valence electrons. The Labute approximate surface area is 363 Å². The second kappa shape index (κ2) is 22.7. The van der Waals surface area contributed by atoms with E-state index in [1.54, 1.807) is 4.31 Å². The molecule has 14 nitrogen and oxygen atoms in total. The zero-order valence-electron chi connectivity index (χ0n) is 32.5. The fraction of sp³-hybridized carbons (Fsp3) is 0.429. The van der Waals surface area contributed by atoms with E-state index in [-0.39, 0.29) is 52.8 Å². The molecule has 18 heteroatoms. The van der Waals surface area contributed by atoms with Gasteiger partial charge in [0, 0.05) is 58.5 Å². The Bertz CT molecular complexity index is 2200. The molecule has 2 aliphatic carbocycles. The number of nitro groups is 2. The molecule has 3 fully saturated rings. The van der Waals surface area contributed by atoms with Crippen molar-refractivity contribution in [1.82, 2.24) is 14.3 Å². The normalized spacial score (nSPS) is 20.6. The van der Waals surface area contributed by atoms with Gasteiger partial charge in [-0.3, -0.25) is 20.2 Å². The number of hydrogen-bond donors (Lipinski definition) is 3. The molecular weight excluding hydrogens is 852 g/mol. The zero-order chi connectivity index (χ0) is 42.6. The van der Waals surface area contributed by atoms with Crippen molar-refractivity contribution in [2.75, 3.05) is 13.1 Å². The van der Waals surface area contributed by atoms with E-state index in [1.165, 1.54) is 59.7 Å². The van der Waals surface area contributed by atoms with E-state index in [2.05, 4.69) is 10.0 Å². The van der Waals surface area contributed by atoms with Crippen LogP contribution in [0, 0.1) is 20.2 Å². The molecule has 4 N–H and O–H groups in total. The van der Waals surface area contributed by atoms with Gasteiger partial charge in [0.05, 0.1) is 19.6 Å². The number of nitrogens with zero attached hydrogens (tertiary/aromatic N) is 3. The number of non-ortho nitro benzene ring substituents is 2. The van der Waals surface area contributed by atoms with E-state index >= 15 is 0 Å². The van der Waals surface area contributed by atoms with Gasteiger partial charge in [-0.15, -0.1) is 0 Å². The third-order valence-electron chi connectivity index (χ3n) is 10.6. The molecule has 1 heterocycles. The van der Waals surface area contributed by atoms with Crippen LogP contribution in [0.3, 0.4) is 0 Å². The molecule has 2 unspecified atom stereocenters. The maximum Gasteiger partial charge on any atom is 0.269 e. The van der Waals surface area contributed by atoms with E-state index in [9.17, 15) is 37.1 Å². The van der Waals surface area contributed by atoms with Gasteiger partial charge in [0.15, 0.2) is 0 Å². The Morgan fingerprint density at radius 3 is 1.55 bits per heavy atom. The van der Waals surface area contributed by atoms with E-state index < -0.39 is 29.9 Å². The first-order valence-corrected chi connectivity index (χ1v) is 23.3. The van der Waals surface area contributed by atoms with Crippen molar-refractivity contribution in [2.24, 2.45) is 5.73 Å². The molecule has 2 saturated carbocycles. The third kappa shape index (κ3) is 13.8. The Hall–Kier alpha value is -4.00. The quantitative estimate of drug-likeness (QED) is 0.0449. The molecule has 1 saturated heterocycles. The number of nitrogens with one attached hydrogen (secondary N) is 2. The number of nitro benzene ring substituents is 2. The molecule has 0 radical (unpaired) electrons. The molecule has 0 bridgehead atoms. The highest BCUT2D eigenvalue weighted by Gasteiger charge is 2.55. The number of benzene rings is 4. The maximum atomic E-state index is 12.6. The standard InChI is InChI=1S/C20H24ClN3O4S.C12H14N2O4S.C9H12ClN.CH4/c21-16-8-6-15(7-9-16)3-2-14-22-19-4-1-5-20(19)23-29(27,28)18-12-10-17(11-13-18)24(25)26;15-14(16)9-5-7-10(8-6-9)19(17,18)13-11-3-1-2-4-12(11)13;10-9-5-3-8(4-6-9)2-1-7-11;/h6-13,19-20,22-23H,1-5,14H2;5-8,11-12H,1-4H2;3-6H,1-2,7,11H2;1H4/t19-,20-;;;/m1.../s1. The Kier molecular flexibility index (Phi) is 18.4. The fourth-order valence-corrected chi connectivity index (χ4v) is 10.9. The number of nitrogens with two attached hydrogens (primary N) is 1. The summed E-state index contributed by atoms with van der Waals surface area (Å²) in [6.07, 6.45) is 10.6. The molecular formula is C42H54Cl2N6O8S2. The summed E-state index contributed by atoms with van der Waals surface area (Å²) in [7, 11) is -7.20. The lowest BCUT2D eigenvalue weighted by Gasteiger charge is -2.22. The monoisotopic (exact) mass is 904 g/mol. The van der Waals surface area contributed by atoms with Crippen molar-refractivity contribution in [3.63, 3.8) is 0 Å². The Morgan fingerprint density at radius 1 is 0.633 bits per heavy atom. The molecule has 4 atom stereocenters. The number of hydrogen-bond acceptors (Lipinski definition) is 10. The second-order valence-corrected chi connectivity index (χ2v) is 19.2. The van der Waals surface area contributed by atoms with Crippen LogP contribution in [0.25, 0.3) is 0 Å². The number of halogens is 2. The van der Waals surface area contributed by atoms with Crippen LogP contribution in [0.4, 0.5) is 11.4 Å². The highest BCUT2D eigenvalue weighted by molar-refractivity contribution is 7.89. The third-order valence-corrected chi connectivity index (χ3v) is 14.6. The number of aryl methyl sites for hydroxylation is 2. The van der Waals surface area contributed by atoms with Gasteiger partial charge in [0.2, 0.25) is 20.0 Å². The van der Waals surface area contributed by atoms with Crippen LogP contribution in [0.2, 0.25) is 10.0 Å². The van der Waals surface area contributed by atoms with Crippen molar-refractivity contribution in [3.8, 4) is 0 Å². The van der Waals surface area contributed by atoms with Crippen molar-refractivity contribution in [1.29, 1.82) is 0 Å². The molecule has 60 heavy (non-hydrogen) atoms. The van der Waals surface area contributed by atoms with Crippen LogP contribution >= 0.6 is 23.2 Å².